The molecule has 3 unspecified atom stereocenters. The Morgan fingerprint density at radius 3 is 2.47 bits per heavy atom. The number of ether oxygens (including phenoxy) is 2. The van der Waals surface area contributed by atoms with Crippen LogP contribution in [0, 0.1) is 17.8 Å². The fraction of sp³-hybridized carbons (Fsp3) is 0.462. The van der Waals surface area contributed by atoms with E-state index in [1.807, 2.05) is 6.92 Å². The largest absolute Gasteiger partial charge is 0.511 e. The van der Waals surface area contributed by atoms with Gasteiger partial charge < -0.3 is 19.7 Å². The number of aliphatic hydroxyl groups excluding tert-OH is 2. The summed E-state index contributed by atoms with van der Waals surface area (Å²) in [5.74, 6) is -4.91. The van der Waals surface area contributed by atoms with E-state index in [4.69, 9.17) is 9.47 Å². The molecule has 8 heteroatoms. The van der Waals surface area contributed by atoms with Crippen LogP contribution >= 0.6 is 0 Å². The van der Waals surface area contributed by atoms with Gasteiger partial charge in [0.25, 0.3) is 0 Å². The molecule has 8 nitrogen and oxygen atoms in total. The molecule has 0 aromatic heterocycles. The fourth-order valence-electron chi connectivity index (χ4n) is 5.15. The zero-order valence-electron chi connectivity index (χ0n) is 19.3. The molecule has 1 aromatic carbocycles. The Morgan fingerprint density at radius 1 is 1.06 bits per heavy atom. The summed E-state index contributed by atoms with van der Waals surface area (Å²) in [4.78, 5) is 51.1. The van der Waals surface area contributed by atoms with Gasteiger partial charge in [0, 0.05) is 17.9 Å². The van der Waals surface area contributed by atoms with E-state index < -0.39 is 35.3 Å². The van der Waals surface area contributed by atoms with Crippen LogP contribution in [0.1, 0.15) is 66.2 Å². The quantitative estimate of drug-likeness (QED) is 0.574. The highest BCUT2D eigenvalue weighted by molar-refractivity contribution is 6.19. The lowest BCUT2D eigenvalue weighted by atomic mass is 9.64. The van der Waals surface area contributed by atoms with Crippen molar-refractivity contribution in [1.82, 2.24) is 0 Å². The molecule has 34 heavy (non-hydrogen) atoms. The maximum absolute atomic E-state index is 13.3. The first-order valence-corrected chi connectivity index (χ1v) is 11.6. The van der Waals surface area contributed by atoms with Gasteiger partial charge in [-0.3, -0.25) is 19.2 Å². The average Bonchev–Trinajstić information content (AvgIpc) is 2.85. The van der Waals surface area contributed by atoms with Gasteiger partial charge >= 0.3 is 5.97 Å². The van der Waals surface area contributed by atoms with E-state index in [1.54, 1.807) is 12.1 Å². The first-order chi connectivity index (χ1) is 16.3. The van der Waals surface area contributed by atoms with Gasteiger partial charge in [-0.2, -0.15) is 0 Å². The van der Waals surface area contributed by atoms with E-state index in [0.717, 1.165) is 6.42 Å². The summed E-state index contributed by atoms with van der Waals surface area (Å²) >= 11 is 0. The first kappa shape index (κ1) is 23.7. The summed E-state index contributed by atoms with van der Waals surface area (Å²) in [5.41, 5.74) is 0.972. The molecule has 1 aromatic rings. The molecule has 0 amide bonds. The van der Waals surface area contributed by atoms with Crippen molar-refractivity contribution in [3.63, 3.8) is 0 Å². The Kier molecular flexibility index (Phi) is 6.59. The third-order valence-electron chi connectivity index (χ3n) is 6.99. The minimum atomic E-state index is -1.24. The molecule has 1 fully saturated rings. The van der Waals surface area contributed by atoms with Crippen molar-refractivity contribution in [2.24, 2.45) is 17.8 Å². The van der Waals surface area contributed by atoms with Gasteiger partial charge in [0.2, 0.25) is 0 Å². The van der Waals surface area contributed by atoms with E-state index in [9.17, 15) is 29.4 Å². The first-order valence-electron chi connectivity index (χ1n) is 11.6. The summed E-state index contributed by atoms with van der Waals surface area (Å²) in [5, 5.41) is 22.2. The average molecular weight is 469 g/mol. The number of fused-ring (bicyclic) bond motifs is 3. The van der Waals surface area contributed by atoms with Crippen LogP contribution in [0.3, 0.4) is 0 Å². The van der Waals surface area contributed by atoms with Crippen LogP contribution in [-0.2, 0) is 14.3 Å². The second-order valence-corrected chi connectivity index (χ2v) is 8.96. The number of hydrogen-bond acceptors (Lipinski definition) is 8. The number of benzene rings is 1. The normalized spacial score (nSPS) is 23.8. The molecule has 3 atom stereocenters. The van der Waals surface area contributed by atoms with Crippen LogP contribution in [0.4, 0.5) is 0 Å². The molecular formula is C26H28O8. The molecule has 0 spiro atoms. The van der Waals surface area contributed by atoms with E-state index >= 15 is 0 Å². The maximum Gasteiger partial charge on any atom is 0.306 e. The van der Waals surface area contributed by atoms with Crippen molar-refractivity contribution in [3.8, 4) is 5.75 Å². The summed E-state index contributed by atoms with van der Waals surface area (Å²) in [7, 11) is 1.40. The molecule has 1 saturated carbocycles. The zero-order chi connectivity index (χ0) is 24.6. The van der Waals surface area contributed by atoms with Crippen LogP contribution < -0.4 is 4.74 Å². The highest BCUT2D eigenvalue weighted by atomic mass is 16.5. The van der Waals surface area contributed by atoms with Crippen molar-refractivity contribution in [2.75, 3.05) is 13.7 Å². The number of esters is 1. The molecular weight excluding hydrogens is 440 g/mol. The van der Waals surface area contributed by atoms with Gasteiger partial charge in [-0.25, -0.2) is 0 Å². The van der Waals surface area contributed by atoms with Crippen molar-refractivity contribution in [1.29, 1.82) is 0 Å². The molecule has 0 bridgehead atoms. The second-order valence-electron chi connectivity index (χ2n) is 8.96. The number of ketones is 3. The lowest BCUT2D eigenvalue weighted by Crippen LogP contribution is -2.43. The smallest absolute Gasteiger partial charge is 0.306 e. The molecule has 0 aliphatic heterocycles. The monoisotopic (exact) mass is 468 g/mol. The Bertz CT molecular complexity index is 1130. The Labute approximate surface area is 197 Å². The minimum absolute atomic E-state index is 0.103. The third-order valence-corrected chi connectivity index (χ3v) is 6.99. The number of methoxy groups -OCH3 is 1. The number of Topliss-reactive ketones (excluding diaryl/α,β-unsaturated/α-hetero) is 3. The lowest BCUT2D eigenvalue weighted by molar-refractivity contribution is -0.149. The molecule has 0 heterocycles. The number of carbonyl (C=O) groups is 4. The van der Waals surface area contributed by atoms with E-state index in [2.05, 4.69) is 0 Å². The number of carbonyl (C=O) groups excluding carboxylic acids is 4. The molecule has 4 rings (SSSR count). The van der Waals surface area contributed by atoms with Gasteiger partial charge in [-0.15, -0.1) is 0 Å². The van der Waals surface area contributed by atoms with Gasteiger partial charge in [0.1, 0.15) is 23.9 Å². The number of rotatable bonds is 7. The van der Waals surface area contributed by atoms with Crippen molar-refractivity contribution < 1.29 is 38.9 Å². The van der Waals surface area contributed by atoms with Crippen LogP contribution in [-0.4, -0.2) is 47.2 Å². The van der Waals surface area contributed by atoms with Crippen LogP contribution in [0.25, 0.3) is 0 Å². The SMILES string of the molecule is CCCCC(=O)OCC(=O)C1CCC2=C(O)C3C(=O)c4c(OC)cccc4C(=O)C3C(O)=C2C1. The standard InChI is InChI=1S/C26H28O8/c1-3-4-8-19(28)34-12-17(27)13-9-10-14-16(11-13)25(31)21-22(23(14)29)26(32)20-15(24(21)30)6-5-7-18(20)33-2/h5-7,13,21-22,29,31H,3-4,8-12H2,1-2H3. The summed E-state index contributed by atoms with van der Waals surface area (Å²) < 4.78 is 10.3. The van der Waals surface area contributed by atoms with Gasteiger partial charge in [0.15, 0.2) is 17.3 Å². The maximum atomic E-state index is 13.3. The van der Waals surface area contributed by atoms with Crippen molar-refractivity contribution in [3.05, 3.63) is 52.0 Å². The Hall–Kier alpha value is -3.42. The van der Waals surface area contributed by atoms with Crippen LogP contribution in [0.2, 0.25) is 0 Å². The zero-order valence-corrected chi connectivity index (χ0v) is 19.3. The number of hydrogen-bond donors (Lipinski definition) is 2. The van der Waals surface area contributed by atoms with E-state index in [-0.39, 0.29) is 60.0 Å². The highest BCUT2D eigenvalue weighted by Crippen LogP contribution is 2.49. The summed E-state index contributed by atoms with van der Waals surface area (Å²) in [6, 6.07) is 4.67. The number of unbranched alkanes of at least 4 members (excludes halogenated alkanes) is 1. The lowest BCUT2D eigenvalue weighted by Gasteiger charge is -2.38. The van der Waals surface area contributed by atoms with Crippen molar-refractivity contribution in [2.45, 2.75) is 45.4 Å². The van der Waals surface area contributed by atoms with Gasteiger partial charge in [-0.05, 0) is 42.9 Å². The number of aliphatic hydroxyl groups is 2. The Morgan fingerprint density at radius 2 is 1.76 bits per heavy atom. The molecule has 2 N–H and O–H groups in total. The van der Waals surface area contributed by atoms with E-state index in [0.29, 0.717) is 24.0 Å². The van der Waals surface area contributed by atoms with Crippen LogP contribution in [0.15, 0.2) is 40.9 Å². The minimum Gasteiger partial charge on any atom is -0.511 e. The van der Waals surface area contributed by atoms with E-state index in [1.165, 1.54) is 13.2 Å². The predicted molar refractivity (Wildman–Crippen MR) is 121 cm³/mol. The topological polar surface area (TPSA) is 127 Å². The molecule has 0 radical (unpaired) electrons. The van der Waals surface area contributed by atoms with Gasteiger partial charge in [0.05, 0.1) is 24.5 Å². The summed E-state index contributed by atoms with van der Waals surface area (Å²) in [6.07, 6.45) is 2.53. The second kappa shape index (κ2) is 9.44. The Balaban J connectivity index is 1.60. The van der Waals surface area contributed by atoms with Gasteiger partial charge in [-0.1, -0.05) is 25.5 Å². The third kappa shape index (κ3) is 3.91. The molecule has 3 aliphatic carbocycles. The predicted octanol–water partition coefficient (Wildman–Crippen LogP) is 4.05. The summed E-state index contributed by atoms with van der Waals surface area (Å²) in [6.45, 7) is 1.61. The number of allylic oxidation sites excluding steroid dienone is 4. The molecule has 0 saturated heterocycles. The molecule has 3 aliphatic rings. The van der Waals surface area contributed by atoms with Crippen molar-refractivity contribution >= 4 is 23.3 Å². The molecule has 180 valence electrons. The highest BCUT2D eigenvalue weighted by Gasteiger charge is 2.52. The fourth-order valence-corrected chi connectivity index (χ4v) is 5.15. The van der Waals surface area contributed by atoms with Crippen LogP contribution in [0.5, 0.6) is 5.75 Å².